The molecule has 0 saturated carbocycles. The number of hydrogen-bond donors (Lipinski definition) is 2. The molecule has 1 unspecified atom stereocenters. The van der Waals surface area contributed by atoms with Gasteiger partial charge in [0.05, 0.1) is 18.4 Å². The van der Waals surface area contributed by atoms with Crippen LogP contribution in [0.4, 0.5) is 11.6 Å². The van der Waals surface area contributed by atoms with Gasteiger partial charge in [-0.25, -0.2) is 0 Å². The van der Waals surface area contributed by atoms with Crippen LogP contribution in [0.2, 0.25) is 10.0 Å². The maximum absolute atomic E-state index is 13.3. The fraction of sp³-hybridized carbons (Fsp3) is 0.158. The molecule has 29 heavy (non-hydrogen) atoms. The summed E-state index contributed by atoms with van der Waals surface area (Å²) >= 11 is 12.5. The number of hydrogen-bond acceptors (Lipinski definition) is 6. The summed E-state index contributed by atoms with van der Waals surface area (Å²) in [5.74, 6) is 0.621. The molecule has 8 nitrogen and oxygen atoms in total. The van der Waals surface area contributed by atoms with E-state index in [1.54, 1.807) is 44.4 Å². The lowest BCUT2D eigenvalue weighted by Crippen LogP contribution is -2.31. The summed E-state index contributed by atoms with van der Waals surface area (Å²) in [5, 5.41) is 18.6. The number of rotatable bonds is 4. The van der Waals surface area contributed by atoms with Crippen molar-refractivity contribution in [2.24, 2.45) is 0 Å². The molecule has 3 aromatic rings. The molecule has 1 aliphatic heterocycles. The number of aromatic nitrogens is 4. The van der Waals surface area contributed by atoms with Crippen LogP contribution in [0, 0.1) is 0 Å². The minimum absolute atomic E-state index is 0.336. The Morgan fingerprint density at radius 3 is 2.79 bits per heavy atom. The summed E-state index contributed by atoms with van der Waals surface area (Å²) in [6, 6.07) is 11.6. The van der Waals surface area contributed by atoms with Gasteiger partial charge < -0.3 is 15.4 Å². The van der Waals surface area contributed by atoms with Gasteiger partial charge in [0.1, 0.15) is 11.8 Å². The lowest BCUT2D eigenvalue weighted by Gasteiger charge is -2.28. The lowest BCUT2D eigenvalue weighted by molar-refractivity contribution is -0.113. The first-order valence-corrected chi connectivity index (χ1v) is 9.40. The van der Waals surface area contributed by atoms with Crippen LogP contribution in [0.1, 0.15) is 18.5 Å². The molecule has 1 aromatic heterocycles. The fourth-order valence-corrected chi connectivity index (χ4v) is 3.77. The number of nitrogens with one attached hydrogen (secondary N) is 2. The molecule has 0 aliphatic carbocycles. The van der Waals surface area contributed by atoms with E-state index < -0.39 is 6.04 Å². The first-order chi connectivity index (χ1) is 14.0. The average molecular weight is 431 g/mol. The SMILES string of the molecule is COc1ccccc1NC(=O)C1=C(C)Nc2nnnn2C1c1ccc(Cl)cc1Cl. The molecule has 0 saturated heterocycles. The minimum atomic E-state index is -0.638. The summed E-state index contributed by atoms with van der Waals surface area (Å²) in [7, 11) is 1.54. The Kier molecular flexibility index (Phi) is 5.12. The second-order valence-corrected chi connectivity index (χ2v) is 7.18. The summed E-state index contributed by atoms with van der Waals surface area (Å²) in [4.78, 5) is 13.3. The number of nitrogens with zero attached hydrogens (tertiary/aromatic N) is 4. The molecular weight excluding hydrogens is 415 g/mol. The molecule has 1 aliphatic rings. The predicted octanol–water partition coefficient (Wildman–Crippen LogP) is 3.92. The van der Waals surface area contributed by atoms with Crippen LogP contribution in [0.3, 0.4) is 0 Å². The highest BCUT2D eigenvalue weighted by Crippen LogP contribution is 2.39. The Bertz CT molecular complexity index is 1130. The predicted molar refractivity (Wildman–Crippen MR) is 110 cm³/mol. The van der Waals surface area contributed by atoms with Gasteiger partial charge >= 0.3 is 0 Å². The lowest BCUT2D eigenvalue weighted by atomic mass is 9.95. The molecule has 10 heteroatoms. The van der Waals surface area contributed by atoms with Gasteiger partial charge in [-0.2, -0.15) is 4.68 Å². The molecule has 0 bridgehead atoms. The van der Waals surface area contributed by atoms with Crippen molar-refractivity contribution in [3.05, 3.63) is 69.3 Å². The number of fused-ring (bicyclic) bond motifs is 1. The number of methoxy groups -OCH3 is 1. The number of tetrazole rings is 1. The Morgan fingerprint density at radius 1 is 1.24 bits per heavy atom. The molecule has 1 amide bonds. The van der Waals surface area contributed by atoms with E-state index in [2.05, 4.69) is 26.2 Å². The molecule has 2 heterocycles. The van der Waals surface area contributed by atoms with Crippen LogP contribution in [-0.4, -0.2) is 33.2 Å². The zero-order valence-electron chi connectivity index (χ0n) is 15.5. The van der Waals surface area contributed by atoms with Crippen LogP contribution in [-0.2, 0) is 4.79 Å². The Labute approximate surface area is 176 Å². The summed E-state index contributed by atoms with van der Waals surface area (Å²) in [6.07, 6.45) is 0. The maximum atomic E-state index is 13.3. The van der Waals surface area contributed by atoms with E-state index in [1.807, 2.05) is 12.1 Å². The van der Waals surface area contributed by atoms with Crippen molar-refractivity contribution in [1.29, 1.82) is 0 Å². The second-order valence-electron chi connectivity index (χ2n) is 6.33. The number of halogens is 2. The first-order valence-electron chi connectivity index (χ1n) is 8.64. The zero-order valence-corrected chi connectivity index (χ0v) is 17.0. The molecule has 0 spiro atoms. The normalized spacial score (nSPS) is 15.5. The van der Waals surface area contributed by atoms with Gasteiger partial charge in [-0.05, 0) is 41.6 Å². The number of para-hydroxylation sites is 2. The highest BCUT2D eigenvalue weighted by atomic mass is 35.5. The second kappa shape index (κ2) is 7.73. The number of carbonyl (C=O) groups excluding carboxylic acids is 1. The van der Waals surface area contributed by atoms with Crippen LogP contribution >= 0.6 is 23.2 Å². The van der Waals surface area contributed by atoms with E-state index in [0.29, 0.717) is 44.3 Å². The van der Waals surface area contributed by atoms with Crippen molar-refractivity contribution in [1.82, 2.24) is 20.2 Å². The third-order valence-electron chi connectivity index (χ3n) is 4.57. The number of anilines is 2. The molecule has 0 radical (unpaired) electrons. The number of amides is 1. The third kappa shape index (κ3) is 3.52. The van der Waals surface area contributed by atoms with E-state index in [4.69, 9.17) is 27.9 Å². The van der Waals surface area contributed by atoms with E-state index in [0.717, 1.165) is 0 Å². The highest BCUT2D eigenvalue weighted by molar-refractivity contribution is 6.35. The van der Waals surface area contributed by atoms with Crippen molar-refractivity contribution >= 4 is 40.7 Å². The van der Waals surface area contributed by atoms with Gasteiger partial charge in [-0.1, -0.05) is 46.5 Å². The van der Waals surface area contributed by atoms with Crippen molar-refractivity contribution in [3.8, 4) is 5.75 Å². The Hall–Kier alpha value is -3.10. The minimum Gasteiger partial charge on any atom is -0.495 e. The van der Waals surface area contributed by atoms with Crippen molar-refractivity contribution < 1.29 is 9.53 Å². The zero-order chi connectivity index (χ0) is 20.5. The van der Waals surface area contributed by atoms with Gasteiger partial charge in [0.25, 0.3) is 5.91 Å². The maximum Gasteiger partial charge on any atom is 0.255 e. The van der Waals surface area contributed by atoms with Crippen LogP contribution in [0.5, 0.6) is 5.75 Å². The number of allylic oxidation sites excluding steroid dienone is 1. The van der Waals surface area contributed by atoms with Gasteiger partial charge in [-0.3, -0.25) is 4.79 Å². The van der Waals surface area contributed by atoms with Gasteiger partial charge in [-0.15, -0.1) is 0 Å². The van der Waals surface area contributed by atoms with Crippen LogP contribution in [0.15, 0.2) is 53.7 Å². The summed E-state index contributed by atoms with van der Waals surface area (Å²) < 4.78 is 6.84. The molecule has 1 atom stereocenters. The van der Waals surface area contributed by atoms with Gasteiger partial charge in [0, 0.05) is 21.3 Å². The van der Waals surface area contributed by atoms with Gasteiger partial charge in [0.2, 0.25) is 5.95 Å². The summed E-state index contributed by atoms with van der Waals surface area (Å²) in [5.41, 5.74) is 2.22. The van der Waals surface area contributed by atoms with Crippen LogP contribution in [0.25, 0.3) is 0 Å². The largest absolute Gasteiger partial charge is 0.495 e. The average Bonchev–Trinajstić information content (AvgIpc) is 3.15. The number of ether oxygens (including phenoxy) is 1. The summed E-state index contributed by atoms with van der Waals surface area (Å²) in [6.45, 7) is 1.78. The molecule has 2 aromatic carbocycles. The quantitative estimate of drug-likeness (QED) is 0.651. The van der Waals surface area contributed by atoms with E-state index in [9.17, 15) is 4.79 Å². The first kappa shape index (κ1) is 19.2. The fourth-order valence-electron chi connectivity index (χ4n) is 3.25. The third-order valence-corrected chi connectivity index (χ3v) is 5.13. The van der Waals surface area contributed by atoms with E-state index in [-0.39, 0.29) is 5.91 Å². The smallest absolute Gasteiger partial charge is 0.255 e. The van der Waals surface area contributed by atoms with Crippen molar-refractivity contribution in [2.75, 3.05) is 17.7 Å². The molecule has 2 N–H and O–H groups in total. The molecule has 148 valence electrons. The molecule has 0 fully saturated rings. The molecule has 4 rings (SSSR count). The van der Waals surface area contributed by atoms with Crippen LogP contribution < -0.4 is 15.4 Å². The van der Waals surface area contributed by atoms with Gasteiger partial charge in [0.15, 0.2) is 0 Å². The van der Waals surface area contributed by atoms with Crippen molar-refractivity contribution in [3.63, 3.8) is 0 Å². The van der Waals surface area contributed by atoms with E-state index >= 15 is 0 Å². The highest BCUT2D eigenvalue weighted by Gasteiger charge is 2.35. The number of carbonyl (C=O) groups is 1. The van der Waals surface area contributed by atoms with Crippen molar-refractivity contribution in [2.45, 2.75) is 13.0 Å². The topological polar surface area (TPSA) is 94.0 Å². The number of benzene rings is 2. The monoisotopic (exact) mass is 430 g/mol. The van der Waals surface area contributed by atoms with E-state index in [1.165, 1.54) is 4.68 Å². The standard InChI is InChI=1S/C19H16Cl2N6O2/c1-10-16(18(28)23-14-5-3-4-6-15(14)29-2)17(27-19(22-10)24-25-26-27)12-8-7-11(20)9-13(12)21/h3-9,17H,1-2H3,(H,23,28)(H,22,24,26). The Morgan fingerprint density at radius 2 is 2.03 bits per heavy atom. The Balaban J connectivity index is 1.80. The molecular formula is C19H16Cl2N6O2.